The van der Waals surface area contributed by atoms with Gasteiger partial charge in [0, 0.05) is 4.47 Å². The molecule has 0 saturated heterocycles. The van der Waals surface area contributed by atoms with Crippen LogP contribution in [-0.4, -0.2) is 52.0 Å². The number of rotatable bonds is 6. The molecule has 1 aromatic rings. The summed E-state index contributed by atoms with van der Waals surface area (Å²) in [6.07, 6.45) is 0. The quantitative estimate of drug-likeness (QED) is 0.678. The van der Waals surface area contributed by atoms with Crippen molar-refractivity contribution in [3.05, 3.63) is 28.7 Å². The van der Waals surface area contributed by atoms with Crippen molar-refractivity contribution >= 4 is 37.9 Å². The van der Waals surface area contributed by atoms with Gasteiger partial charge >= 0.3 is 11.9 Å². The second kappa shape index (κ2) is 7.53. The Morgan fingerprint density at radius 3 is 2.00 bits per heavy atom. The van der Waals surface area contributed by atoms with Gasteiger partial charge in [0.05, 0.1) is 19.1 Å². The molecule has 0 radical (unpaired) electrons. The first-order chi connectivity index (χ1) is 9.82. The Balaban J connectivity index is 3.19. The van der Waals surface area contributed by atoms with E-state index in [1.54, 1.807) is 12.1 Å². The zero-order valence-corrected chi connectivity index (χ0v) is 13.8. The molecule has 1 aromatic carbocycles. The minimum Gasteiger partial charge on any atom is -0.468 e. The van der Waals surface area contributed by atoms with Gasteiger partial charge in [0.25, 0.3) is 0 Å². The molecule has 0 aliphatic heterocycles. The predicted molar refractivity (Wildman–Crippen MR) is 76.9 cm³/mol. The van der Waals surface area contributed by atoms with Crippen molar-refractivity contribution in [2.24, 2.45) is 0 Å². The van der Waals surface area contributed by atoms with Crippen LogP contribution in [0.5, 0.6) is 0 Å². The van der Waals surface area contributed by atoms with Crippen molar-refractivity contribution in [1.82, 2.24) is 4.31 Å². The molecule has 0 aliphatic rings. The van der Waals surface area contributed by atoms with Crippen LogP contribution in [0.25, 0.3) is 0 Å². The van der Waals surface area contributed by atoms with Crippen LogP contribution in [0, 0.1) is 0 Å². The van der Waals surface area contributed by atoms with Crippen LogP contribution in [0.1, 0.15) is 0 Å². The lowest BCUT2D eigenvalue weighted by molar-refractivity contribution is -0.143. The summed E-state index contributed by atoms with van der Waals surface area (Å²) in [5, 5.41) is 0. The SMILES string of the molecule is COC(=O)CN(CC(=O)OC)S(=O)(=O)c1ccccc1Br. The zero-order valence-electron chi connectivity index (χ0n) is 11.4. The summed E-state index contributed by atoms with van der Waals surface area (Å²) < 4.78 is 35.0. The molecule has 0 bridgehead atoms. The van der Waals surface area contributed by atoms with Gasteiger partial charge in [-0.05, 0) is 28.1 Å². The van der Waals surface area contributed by atoms with Crippen molar-refractivity contribution in [2.75, 3.05) is 27.3 Å². The number of hydrogen-bond donors (Lipinski definition) is 0. The average Bonchev–Trinajstić information content (AvgIpc) is 2.46. The highest BCUT2D eigenvalue weighted by Gasteiger charge is 2.30. The average molecular weight is 380 g/mol. The van der Waals surface area contributed by atoms with Crippen LogP contribution in [0.4, 0.5) is 0 Å². The largest absolute Gasteiger partial charge is 0.468 e. The molecule has 0 amide bonds. The fraction of sp³-hybridized carbons (Fsp3) is 0.333. The second-order valence-electron chi connectivity index (χ2n) is 3.86. The minimum absolute atomic E-state index is 0.0576. The summed E-state index contributed by atoms with van der Waals surface area (Å²) in [7, 11) is -1.80. The number of carbonyl (C=O) groups excluding carboxylic acids is 2. The van der Waals surface area contributed by atoms with Crippen LogP contribution in [0.15, 0.2) is 33.6 Å². The van der Waals surface area contributed by atoms with Crippen molar-refractivity contribution in [3.63, 3.8) is 0 Å². The number of ether oxygens (including phenoxy) is 2. The Morgan fingerprint density at radius 2 is 1.57 bits per heavy atom. The molecule has 0 unspecified atom stereocenters. The molecule has 0 atom stereocenters. The number of hydrogen-bond acceptors (Lipinski definition) is 6. The normalized spacial score (nSPS) is 11.2. The smallest absolute Gasteiger partial charge is 0.321 e. The molecule has 9 heteroatoms. The van der Waals surface area contributed by atoms with Gasteiger partial charge in [0.2, 0.25) is 10.0 Å². The van der Waals surface area contributed by atoms with Gasteiger partial charge in [-0.2, -0.15) is 4.31 Å². The fourth-order valence-electron chi connectivity index (χ4n) is 1.44. The van der Waals surface area contributed by atoms with E-state index in [4.69, 9.17) is 0 Å². The molecule has 21 heavy (non-hydrogen) atoms. The van der Waals surface area contributed by atoms with E-state index in [2.05, 4.69) is 25.4 Å². The summed E-state index contributed by atoms with van der Waals surface area (Å²) in [5.74, 6) is -1.57. The molecular formula is C12H14BrNO6S. The van der Waals surface area contributed by atoms with E-state index in [1.807, 2.05) is 0 Å². The summed E-state index contributed by atoms with van der Waals surface area (Å²) >= 11 is 3.13. The topological polar surface area (TPSA) is 90.0 Å². The Labute approximate surface area is 131 Å². The summed E-state index contributed by atoms with van der Waals surface area (Å²) in [5.41, 5.74) is 0. The van der Waals surface area contributed by atoms with E-state index in [0.717, 1.165) is 14.2 Å². The highest BCUT2D eigenvalue weighted by molar-refractivity contribution is 9.10. The van der Waals surface area contributed by atoms with Gasteiger partial charge in [-0.3, -0.25) is 9.59 Å². The molecule has 0 heterocycles. The van der Waals surface area contributed by atoms with Gasteiger partial charge < -0.3 is 9.47 Å². The molecule has 116 valence electrons. The van der Waals surface area contributed by atoms with Crippen molar-refractivity contribution in [2.45, 2.75) is 4.90 Å². The van der Waals surface area contributed by atoms with Crippen LogP contribution in [0.3, 0.4) is 0 Å². The summed E-state index contributed by atoms with van der Waals surface area (Å²) in [6, 6.07) is 6.09. The first-order valence-corrected chi connectivity index (χ1v) is 7.94. The van der Waals surface area contributed by atoms with E-state index >= 15 is 0 Å². The van der Waals surface area contributed by atoms with Gasteiger partial charge in [0.1, 0.15) is 13.1 Å². The standard InChI is InChI=1S/C12H14BrNO6S/c1-19-11(15)7-14(8-12(16)20-2)21(17,18)10-6-4-3-5-9(10)13/h3-6H,7-8H2,1-2H3. The maximum atomic E-state index is 12.5. The van der Waals surface area contributed by atoms with Gasteiger partial charge in [-0.1, -0.05) is 12.1 Å². The van der Waals surface area contributed by atoms with E-state index in [1.165, 1.54) is 12.1 Å². The molecule has 0 aliphatic carbocycles. The van der Waals surface area contributed by atoms with Crippen LogP contribution in [-0.2, 0) is 29.1 Å². The molecule has 0 spiro atoms. The van der Waals surface area contributed by atoms with E-state index in [0.29, 0.717) is 8.78 Å². The van der Waals surface area contributed by atoms with E-state index in [9.17, 15) is 18.0 Å². The summed E-state index contributed by atoms with van der Waals surface area (Å²) in [4.78, 5) is 22.7. The van der Waals surface area contributed by atoms with Crippen molar-refractivity contribution in [1.29, 1.82) is 0 Å². The first-order valence-electron chi connectivity index (χ1n) is 5.71. The first kappa shape index (κ1) is 17.6. The minimum atomic E-state index is -4.06. The third kappa shape index (κ3) is 4.51. The monoisotopic (exact) mass is 379 g/mol. The van der Waals surface area contributed by atoms with E-state index in [-0.39, 0.29) is 4.90 Å². The maximum absolute atomic E-state index is 12.5. The van der Waals surface area contributed by atoms with Gasteiger partial charge in [-0.15, -0.1) is 0 Å². The molecular weight excluding hydrogens is 366 g/mol. The zero-order chi connectivity index (χ0) is 16.0. The van der Waals surface area contributed by atoms with Crippen LogP contribution < -0.4 is 0 Å². The Bertz CT molecular complexity index is 612. The van der Waals surface area contributed by atoms with Crippen LogP contribution in [0.2, 0.25) is 0 Å². The van der Waals surface area contributed by atoms with Crippen molar-refractivity contribution < 1.29 is 27.5 Å². The lowest BCUT2D eigenvalue weighted by Gasteiger charge is -2.20. The molecule has 0 saturated carbocycles. The highest BCUT2D eigenvalue weighted by atomic mass is 79.9. The molecule has 7 nitrogen and oxygen atoms in total. The Morgan fingerprint density at radius 1 is 1.10 bits per heavy atom. The number of halogens is 1. The summed E-state index contributed by atoms with van der Waals surface area (Å²) in [6.45, 7) is -1.18. The number of nitrogens with zero attached hydrogens (tertiary/aromatic N) is 1. The molecule has 0 N–H and O–H groups in total. The number of carbonyl (C=O) groups is 2. The molecule has 1 rings (SSSR count). The maximum Gasteiger partial charge on any atom is 0.321 e. The lowest BCUT2D eigenvalue weighted by atomic mass is 10.4. The highest BCUT2D eigenvalue weighted by Crippen LogP contribution is 2.24. The number of esters is 2. The Kier molecular flexibility index (Phi) is 6.31. The van der Waals surface area contributed by atoms with Gasteiger partial charge in [-0.25, -0.2) is 8.42 Å². The van der Waals surface area contributed by atoms with E-state index < -0.39 is 35.1 Å². The fourth-order valence-corrected chi connectivity index (χ4v) is 3.73. The molecule has 0 fully saturated rings. The second-order valence-corrected chi connectivity index (χ2v) is 6.62. The molecule has 0 aromatic heterocycles. The Hall–Kier alpha value is -1.45. The third-order valence-corrected chi connectivity index (χ3v) is 5.32. The number of methoxy groups -OCH3 is 2. The lowest BCUT2D eigenvalue weighted by Crippen LogP contribution is -2.40. The van der Waals surface area contributed by atoms with Crippen molar-refractivity contribution in [3.8, 4) is 0 Å². The third-order valence-electron chi connectivity index (χ3n) is 2.52. The predicted octanol–water partition coefficient (Wildman–Crippen LogP) is 0.786. The number of sulfonamides is 1. The van der Waals surface area contributed by atoms with Crippen LogP contribution >= 0.6 is 15.9 Å². The van der Waals surface area contributed by atoms with Gasteiger partial charge in [0.15, 0.2) is 0 Å². The number of benzene rings is 1.